The summed E-state index contributed by atoms with van der Waals surface area (Å²) in [5, 5.41) is 8.52. The number of nitrogens with zero attached hydrogens (tertiary/aromatic N) is 3. The number of rotatable bonds is 8. The van der Waals surface area contributed by atoms with Gasteiger partial charge in [-0.3, -0.25) is 9.36 Å². The van der Waals surface area contributed by atoms with E-state index in [-0.39, 0.29) is 17.8 Å². The van der Waals surface area contributed by atoms with Crippen LogP contribution in [-0.2, 0) is 17.9 Å². The fourth-order valence-electron chi connectivity index (χ4n) is 1.89. The van der Waals surface area contributed by atoms with Crippen LogP contribution in [0.3, 0.4) is 0 Å². The average Bonchev–Trinajstić information content (AvgIpc) is 2.88. The first kappa shape index (κ1) is 17.1. The summed E-state index contributed by atoms with van der Waals surface area (Å²) >= 11 is 1.27. The average molecular weight is 332 g/mol. The van der Waals surface area contributed by atoms with Crippen LogP contribution in [-0.4, -0.2) is 25.9 Å². The second kappa shape index (κ2) is 7.82. The summed E-state index contributed by atoms with van der Waals surface area (Å²) in [6, 6.07) is 7.80. The molecule has 0 saturated heterocycles. The maximum absolute atomic E-state index is 11.2. The van der Waals surface area contributed by atoms with E-state index in [9.17, 15) is 4.79 Å². The number of nitrogens with two attached hydrogens (primary N) is 1. The first-order valence-corrected chi connectivity index (χ1v) is 8.07. The lowest BCUT2D eigenvalue weighted by Gasteiger charge is -2.11. The van der Waals surface area contributed by atoms with Gasteiger partial charge in [-0.15, -0.1) is 16.8 Å². The number of aryl methyl sites for hydroxylation is 1. The minimum atomic E-state index is -0.388. The molecule has 0 unspecified atom stereocenters. The molecule has 0 spiro atoms. The van der Waals surface area contributed by atoms with Crippen molar-refractivity contribution >= 4 is 17.7 Å². The van der Waals surface area contributed by atoms with Gasteiger partial charge in [0.05, 0.1) is 5.25 Å². The molecule has 1 amide bonds. The third kappa shape index (κ3) is 4.59. The van der Waals surface area contributed by atoms with Gasteiger partial charge < -0.3 is 10.5 Å². The van der Waals surface area contributed by atoms with Gasteiger partial charge in [-0.2, -0.15) is 0 Å². The molecule has 2 rings (SSSR count). The van der Waals surface area contributed by atoms with Gasteiger partial charge in [0, 0.05) is 6.54 Å². The van der Waals surface area contributed by atoms with Gasteiger partial charge >= 0.3 is 0 Å². The van der Waals surface area contributed by atoms with E-state index in [1.807, 2.05) is 35.8 Å². The van der Waals surface area contributed by atoms with Crippen LogP contribution < -0.4 is 10.5 Å². The van der Waals surface area contributed by atoms with Crippen molar-refractivity contribution in [2.75, 3.05) is 0 Å². The van der Waals surface area contributed by atoms with E-state index < -0.39 is 0 Å². The number of ether oxygens (including phenoxy) is 1. The molecule has 122 valence electrons. The minimum Gasteiger partial charge on any atom is -0.486 e. The molecule has 7 heteroatoms. The van der Waals surface area contributed by atoms with Crippen LogP contribution >= 0.6 is 11.8 Å². The molecule has 2 N–H and O–H groups in total. The standard InChI is InChI=1S/C16H20N4O2S/c1-4-8-20-14(10-22-13-7-5-6-11(2)9-13)18-19-16(20)23-12(3)15(17)21/h4-7,9,12H,1,8,10H2,2-3H3,(H2,17,21)/t12-/m0/s1. The number of primary amides is 1. The van der Waals surface area contributed by atoms with Crippen molar-refractivity contribution in [1.29, 1.82) is 0 Å². The smallest absolute Gasteiger partial charge is 0.230 e. The Hall–Kier alpha value is -2.28. The maximum atomic E-state index is 11.2. The lowest BCUT2D eigenvalue weighted by molar-refractivity contribution is -0.117. The third-order valence-corrected chi connectivity index (χ3v) is 4.24. The van der Waals surface area contributed by atoms with Crippen LogP contribution in [0.4, 0.5) is 0 Å². The van der Waals surface area contributed by atoms with Crippen LogP contribution in [0.5, 0.6) is 5.75 Å². The molecule has 0 radical (unpaired) electrons. The number of hydrogen-bond acceptors (Lipinski definition) is 5. The molecule has 23 heavy (non-hydrogen) atoms. The van der Waals surface area contributed by atoms with Crippen molar-refractivity contribution in [2.24, 2.45) is 5.73 Å². The van der Waals surface area contributed by atoms with E-state index >= 15 is 0 Å². The maximum Gasteiger partial charge on any atom is 0.230 e. The molecule has 1 heterocycles. The minimum absolute atomic E-state index is 0.288. The largest absolute Gasteiger partial charge is 0.486 e. The van der Waals surface area contributed by atoms with Crippen molar-refractivity contribution < 1.29 is 9.53 Å². The van der Waals surface area contributed by atoms with E-state index in [1.165, 1.54) is 11.8 Å². The summed E-state index contributed by atoms with van der Waals surface area (Å²) in [7, 11) is 0. The quantitative estimate of drug-likeness (QED) is 0.592. The molecule has 0 aliphatic rings. The Morgan fingerprint density at radius 3 is 2.96 bits per heavy atom. The molecule has 1 aromatic heterocycles. The monoisotopic (exact) mass is 332 g/mol. The number of benzene rings is 1. The Bertz CT molecular complexity index is 699. The van der Waals surface area contributed by atoms with Gasteiger partial charge in [0.25, 0.3) is 0 Å². The highest BCUT2D eigenvalue weighted by Gasteiger charge is 2.18. The predicted molar refractivity (Wildman–Crippen MR) is 90.2 cm³/mol. The summed E-state index contributed by atoms with van der Waals surface area (Å²) in [5.74, 6) is 1.06. The Kier molecular flexibility index (Phi) is 5.81. The molecule has 1 atom stereocenters. The van der Waals surface area contributed by atoms with Crippen molar-refractivity contribution in [3.8, 4) is 5.75 Å². The fraction of sp³-hybridized carbons (Fsp3) is 0.312. The summed E-state index contributed by atoms with van der Waals surface area (Å²) < 4.78 is 7.64. The zero-order valence-electron chi connectivity index (χ0n) is 13.2. The molecular formula is C16H20N4O2S. The number of carbonyl (C=O) groups is 1. The van der Waals surface area contributed by atoms with E-state index in [4.69, 9.17) is 10.5 Å². The van der Waals surface area contributed by atoms with Gasteiger partial charge in [-0.1, -0.05) is 30.0 Å². The van der Waals surface area contributed by atoms with Crippen LogP contribution in [0.2, 0.25) is 0 Å². The number of amides is 1. The summed E-state index contributed by atoms with van der Waals surface area (Å²) in [5.41, 5.74) is 6.43. The topological polar surface area (TPSA) is 83.0 Å². The first-order chi connectivity index (χ1) is 11.0. The molecule has 0 aliphatic heterocycles. The van der Waals surface area contributed by atoms with Crippen LogP contribution in [0, 0.1) is 6.92 Å². The second-order valence-electron chi connectivity index (χ2n) is 5.07. The molecule has 0 saturated carbocycles. The second-order valence-corrected chi connectivity index (χ2v) is 6.37. The molecule has 0 aliphatic carbocycles. The molecule has 0 fully saturated rings. The Morgan fingerprint density at radius 2 is 2.30 bits per heavy atom. The molecular weight excluding hydrogens is 312 g/mol. The highest BCUT2D eigenvalue weighted by molar-refractivity contribution is 8.00. The Balaban J connectivity index is 2.13. The SMILES string of the molecule is C=CCn1c(COc2cccc(C)c2)nnc1S[C@@H](C)C(N)=O. The van der Waals surface area contributed by atoms with Crippen molar-refractivity contribution in [3.05, 3.63) is 48.3 Å². The van der Waals surface area contributed by atoms with Crippen molar-refractivity contribution in [1.82, 2.24) is 14.8 Å². The highest BCUT2D eigenvalue weighted by Crippen LogP contribution is 2.23. The highest BCUT2D eigenvalue weighted by atomic mass is 32.2. The third-order valence-electron chi connectivity index (χ3n) is 3.15. The predicted octanol–water partition coefficient (Wildman–Crippen LogP) is 2.32. The van der Waals surface area contributed by atoms with Gasteiger partial charge in [-0.05, 0) is 31.5 Å². The van der Waals surface area contributed by atoms with Gasteiger partial charge in [0.1, 0.15) is 12.4 Å². The number of aromatic nitrogens is 3. The van der Waals surface area contributed by atoms with E-state index in [0.29, 0.717) is 17.5 Å². The van der Waals surface area contributed by atoms with Crippen LogP contribution in [0.15, 0.2) is 42.1 Å². The van der Waals surface area contributed by atoms with E-state index in [0.717, 1.165) is 11.3 Å². The molecule has 6 nitrogen and oxygen atoms in total. The number of hydrogen-bond donors (Lipinski definition) is 1. The summed E-state index contributed by atoms with van der Waals surface area (Å²) in [6.45, 7) is 8.31. The van der Waals surface area contributed by atoms with Gasteiger partial charge in [-0.25, -0.2) is 0 Å². The Morgan fingerprint density at radius 1 is 1.52 bits per heavy atom. The molecule has 1 aromatic carbocycles. The van der Waals surface area contributed by atoms with Crippen molar-refractivity contribution in [3.63, 3.8) is 0 Å². The lowest BCUT2D eigenvalue weighted by Crippen LogP contribution is -2.23. The number of allylic oxidation sites excluding steroid dienone is 1. The molecule has 0 bridgehead atoms. The lowest BCUT2D eigenvalue weighted by atomic mass is 10.2. The van der Waals surface area contributed by atoms with E-state index in [1.54, 1.807) is 13.0 Å². The van der Waals surface area contributed by atoms with Crippen LogP contribution in [0.1, 0.15) is 18.3 Å². The van der Waals surface area contributed by atoms with E-state index in [2.05, 4.69) is 16.8 Å². The fourth-order valence-corrected chi connectivity index (χ4v) is 2.72. The zero-order valence-corrected chi connectivity index (χ0v) is 14.0. The van der Waals surface area contributed by atoms with Gasteiger partial charge in [0.2, 0.25) is 5.91 Å². The first-order valence-electron chi connectivity index (χ1n) is 7.19. The number of thioether (sulfide) groups is 1. The zero-order chi connectivity index (χ0) is 16.8. The van der Waals surface area contributed by atoms with Crippen molar-refractivity contribution in [2.45, 2.75) is 37.4 Å². The van der Waals surface area contributed by atoms with Gasteiger partial charge in [0.15, 0.2) is 11.0 Å². The summed E-state index contributed by atoms with van der Waals surface area (Å²) in [4.78, 5) is 11.2. The van der Waals surface area contributed by atoms with Crippen LogP contribution in [0.25, 0.3) is 0 Å². The number of carbonyl (C=O) groups excluding carboxylic acids is 1. The molecule has 2 aromatic rings. The summed E-state index contributed by atoms with van der Waals surface area (Å²) in [6.07, 6.45) is 1.75. The normalized spacial score (nSPS) is 11.9. The Labute approximate surface area is 139 Å².